The maximum atomic E-state index is 14.6. The van der Waals surface area contributed by atoms with Gasteiger partial charge in [0, 0.05) is 5.92 Å². The molecule has 6 nitrogen and oxygen atoms in total. The van der Waals surface area contributed by atoms with E-state index < -0.39 is 38.6 Å². The van der Waals surface area contributed by atoms with Crippen molar-refractivity contribution in [2.45, 2.75) is 173 Å². The van der Waals surface area contributed by atoms with Crippen molar-refractivity contribution >= 4 is 20.3 Å². The summed E-state index contributed by atoms with van der Waals surface area (Å²) in [6, 6.07) is 19.5. The third-order valence-corrected chi connectivity index (χ3v) is 15.8. The first-order valence-corrected chi connectivity index (χ1v) is 22.8. The van der Waals surface area contributed by atoms with Crippen LogP contribution in [-0.4, -0.2) is 55.2 Å². The lowest BCUT2D eigenvalue weighted by Crippen LogP contribution is -2.52. The maximum Gasteiger partial charge on any atom is 0.417 e. The van der Waals surface area contributed by atoms with E-state index in [1.807, 2.05) is 67.6 Å². The molecule has 2 amide bonds. The summed E-state index contributed by atoms with van der Waals surface area (Å²) in [4.78, 5) is 29.4. The Morgan fingerprint density at radius 3 is 1.70 bits per heavy atom. The molecular formula is C43H69NO5Si. The van der Waals surface area contributed by atoms with Crippen LogP contribution in [0.2, 0.25) is 18.1 Å². The summed E-state index contributed by atoms with van der Waals surface area (Å²) < 4.78 is 12.2. The van der Waals surface area contributed by atoms with Crippen LogP contribution in [0, 0.1) is 5.92 Å². The fraction of sp³-hybridized carbons (Fsp3) is 0.674. The lowest BCUT2D eigenvalue weighted by Gasteiger charge is -2.41. The third-order valence-electron chi connectivity index (χ3n) is 11.2. The predicted octanol–water partition coefficient (Wildman–Crippen LogP) is 11.4. The van der Waals surface area contributed by atoms with Gasteiger partial charge in [-0.05, 0) is 42.6 Å². The van der Waals surface area contributed by atoms with Crippen LogP contribution < -0.4 is 0 Å². The van der Waals surface area contributed by atoms with Crippen LogP contribution in [0.15, 0.2) is 60.7 Å². The molecule has 0 aliphatic carbocycles. The van der Waals surface area contributed by atoms with Gasteiger partial charge in [-0.25, -0.2) is 9.69 Å². The third kappa shape index (κ3) is 12.6. The Morgan fingerprint density at radius 1 is 0.820 bits per heavy atom. The van der Waals surface area contributed by atoms with Gasteiger partial charge in [-0.1, -0.05) is 178 Å². The number of hydrogen-bond acceptors (Lipinski definition) is 5. The van der Waals surface area contributed by atoms with E-state index >= 15 is 0 Å². The number of aliphatic hydroxyl groups is 1. The van der Waals surface area contributed by atoms with Crippen molar-refractivity contribution in [2.24, 2.45) is 5.92 Å². The van der Waals surface area contributed by atoms with E-state index in [0.29, 0.717) is 6.42 Å². The standard InChI is InChI=1S/C43H69NO5Si/c1-8-9-10-11-12-13-14-15-16-17-18-19-20-27-32-37(40(45)34(2)49-50(6,7)43(3,4)5)41(46)44-38(33-48-42(44)47)39(35-28-23-21-24-29-35)36-30-25-22-26-31-36/h21-26,28-31,34,37-40,45H,8-20,27,32-33H2,1-7H3/t34-,37-,38+,40+/m1/s1. The molecule has 280 valence electrons. The molecule has 3 rings (SSSR count). The van der Waals surface area contributed by atoms with Gasteiger partial charge in [-0.2, -0.15) is 0 Å². The first-order chi connectivity index (χ1) is 23.9. The average molecular weight is 708 g/mol. The molecule has 0 spiro atoms. The van der Waals surface area contributed by atoms with E-state index in [1.54, 1.807) is 0 Å². The molecule has 0 bridgehead atoms. The molecule has 50 heavy (non-hydrogen) atoms. The largest absolute Gasteiger partial charge is 0.447 e. The molecule has 7 heteroatoms. The van der Waals surface area contributed by atoms with E-state index in [2.05, 4.69) is 40.8 Å². The van der Waals surface area contributed by atoms with E-state index in [0.717, 1.165) is 30.4 Å². The van der Waals surface area contributed by atoms with Gasteiger partial charge in [-0.3, -0.25) is 4.79 Å². The number of carbonyl (C=O) groups is 2. The van der Waals surface area contributed by atoms with Gasteiger partial charge < -0.3 is 14.3 Å². The van der Waals surface area contributed by atoms with Crippen molar-refractivity contribution in [1.29, 1.82) is 0 Å². The van der Waals surface area contributed by atoms with Crippen molar-refractivity contribution in [3.05, 3.63) is 71.8 Å². The lowest BCUT2D eigenvalue weighted by atomic mass is 9.83. The summed E-state index contributed by atoms with van der Waals surface area (Å²) in [5.41, 5.74) is 2.03. The van der Waals surface area contributed by atoms with Crippen LogP contribution in [0.25, 0.3) is 0 Å². The Bertz CT molecular complexity index is 1210. The van der Waals surface area contributed by atoms with E-state index in [-0.39, 0.29) is 23.5 Å². The zero-order valence-electron chi connectivity index (χ0n) is 32.5. The van der Waals surface area contributed by atoms with Crippen molar-refractivity contribution in [3.8, 4) is 0 Å². The SMILES string of the molecule is CCCCCCCCCCCCCCCC[C@@H](C(=O)N1C(=O)OC[C@H]1C(c1ccccc1)c1ccccc1)[C@@H](O)[C@@H](C)O[Si](C)(C)C(C)(C)C. The highest BCUT2D eigenvalue weighted by Gasteiger charge is 2.48. The molecule has 2 aromatic rings. The van der Waals surface area contributed by atoms with E-state index in [9.17, 15) is 14.7 Å². The number of rotatable bonds is 23. The van der Waals surface area contributed by atoms with Crippen LogP contribution in [0.4, 0.5) is 4.79 Å². The van der Waals surface area contributed by atoms with Gasteiger partial charge in [0.05, 0.1) is 24.2 Å². The van der Waals surface area contributed by atoms with Crippen molar-refractivity contribution < 1.29 is 23.9 Å². The highest BCUT2D eigenvalue weighted by atomic mass is 28.4. The number of carbonyl (C=O) groups excluding carboxylic acids is 2. The number of cyclic esters (lactones) is 1. The minimum Gasteiger partial charge on any atom is -0.447 e. The average Bonchev–Trinajstić information content (AvgIpc) is 3.46. The number of nitrogens with zero attached hydrogens (tertiary/aromatic N) is 1. The number of hydrogen-bond donors (Lipinski definition) is 1. The molecule has 0 unspecified atom stereocenters. The van der Waals surface area contributed by atoms with Crippen LogP contribution >= 0.6 is 0 Å². The minimum absolute atomic E-state index is 0.0441. The second-order valence-corrected chi connectivity index (χ2v) is 21.0. The summed E-state index contributed by atoms with van der Waals surface area (Å²) >= 11 is 0. The molecule has 1 aliphatic rings. The van der Waals surface area contributed by atoms with Gasteiger partial charge in [0.1, 0.15) is 6.61 Å². The van der Waals surface area contributed by atoms with Crippen molar-refractivity contribution in [3.63, 3.8) is 0 Å². The van der Waals surface area contributed by atoms with Gasteiger partial charge in [-0.15, -0.1) is 0 Å². The summed E-state index contributed by atoms with van der Waals surface area (Å²) in [7, 11) is -2.23. The second kappa shape index (κ2) is 21.1. The summed E-state index contributed by atoms with van der Waals surface area (Å²) in [5, 5.41) is 11.8. The van der Waals surface area contributed by atoms with Gasteiger partial charge in [0.15, 0.2) is 8.32 Å². The highest BCUT2D eigenvalue weighted by Crippen LogP contribution is 2.39. The Hall–Kier alpha value is -2.48. The summed E-state index contributed by atoms with van der Waals surface area (Å²) in [5.74, 6) is -1.39. The number of unbranched alkanes of at least 4 members (excludes halogenated alkanes) is 13. The monoisotopic (exact) mass is 707 g/mol. The second-order valence-electron chi connectivity index (χ2n) is 16.2. The fourth-order valence-corrected chi connectivity index (χ4v) is 8.53. The van der Waals surface area contributed by atoms with Crippen molar-refractivity contribution in [2.75, 3.05) is 6.61 Å². The molecule has 1 heterocycles. The number of ether oxygens (including phenoxy) is 1. The molecule has 0 aromatic heterocycles. The lowest BCUT2D eigenvalue weighted by molar-refractivity contribution is -0.140. The van der Waals surface area contributed by atoms with Crippen molar-refractivity contribution in [1.82, 2.24) is 4.90 Å². The number of aliphatic hydroxyl groups excluding tert-OH is 1. The molecular weight excluding hydrogens is 639 g/mol. The van der Waals surface area contributed by atoms with E-state index in [4.69, 9.17) is 9.16 Å². The van der Waals surface area contributed by atoms with E-state index in [1.165, 1.54) is 75.5 Å². The van der Waals surface area contributed by atoms with Crippen LogP contribution in [0.5, 0.6) is 0 Å². The molecule has 4 atom stereocenters. The first kappa shape index (κ1) is 41.9. The number of imide groups is 1. The molecule has 1 saturated heterocycles. The van der Waals surface area contributed by atoms with Crippen LogP contribution in [0.1, 0.15) is 148 Å². The summed E-state index contributed by atoms with van der Waals surface area (Å²) in [6.45, 7) is 15.1. The maximum absolute atomic E-state index is 14.6. The fourth-order valence-electron chi connectivity index (χ4n) is 7.11. The topological polar surface area (TPSA) is 76.1 Å². The predicted molar refractivity (Wildman–Crippen MR) is 209 cm³/mol. The molecule has 1 aliphatic heterocycles. The highest BCUT2D eigenvalue weighted by molar-refractivity contribution is 6.74. The Kier molecular flexibility index (Phi) is 17.7. The quantitative estimate of drug-likeness (QED) is 0.0919. The molecule has 2 aromatic carbocycles. The number of amides is 2. The van der Waals surface area contributed by atoms with Crippen LogP contribution in [0.3, 0.4) is 0 Å². The summed E-state index contributed by atoms with van der Waals surface area (Å²) in [6.07, 6.45) is 15.8. The Labute approximate surface area is 305 Å². The molecule has 1 N–H and O–H groups in total. The zero-order chi connectivity index (χ0) is 36.6. The zero-order valence-corrected chi connectivity index (χ0v) is 33.5. The molecule has 0 saturated carbocycles. The van der Waals surface area contributed by atoms with Gasteiger partial charge >= 0.3 is 6.09 Å². The molecule has 1 fully saturated rings. The van der Waals surface area contributed by atoms with Crippen LogP contribution in [-0.2, 0) is 14.0 Å². The van der Waals surface area contributed by atoms with Gasteiger partial charge in [0.25, 0.3) is 0 Å². The smallest absolute Gasteiger partial charge is 0.417 e. The molecule has 0 radical (unpaired) electrons. The Balaban J connectivity index is 1.69. The Morgan fingerprint density at radius 2 is 1.26 bits per heavy atom. The first-order valence-electron chi connectivity index (χ1n) is 19.8. The normalized spacial score (nSPS) is 17.2. The number of benzene rings is 2. The minimum atomic E-state index is -2.23. The van der Waals surface area contributed by atoms with Gasteiger partial charge in [0.2, 0.25) is 5.91 Å².